The molecule has 2 unspecified atom stereocenters. The Balaban J connectivity index is 4.63. The Labute approximate surface area is 334 Å². The highest BCUT2D eigenvalue weighted by atomic mass is 31.2. The number of nitrogens with two attached hydrogens (primary N) is 1. The molecule has 0 fully saturated rings. The number of carboxylic acid groups (broad SMARTS) is 1. The topological polar surface area (TPSA) is 172 Å². The molecule has 0 saturated carbocycles. The number of rotatable bonds is 33. The third-order valence-electron chi connectivity index (χ3n) is 7.18. The number of carbonyl (C=O) groups is 3. The molecule has 11 nitrogen and oxygen atoms in total. The maximum Gasteiger partial charge on any atom is 0.472 e. The van der Waals surface area contributed by atoms with Gasteiger partial charge in [-0.3, -0.25) is 23.4 Å². The van der Waals surface area contributed by atoms with E-state index >= 15 is 0 Å². The van der Waals surface area contributed by atoms with E-state index in [1.54, 1.807) is 0 Å². The molecule has 0 radical (unpaired) electrons. The third kappa shape index (κ3) is 36.6. The highest BCUT2D eigenvalue weighted by Gasteiger charge is 2.28. The van der Waals surface area contributed by atoms with Gasteiger partial charge in [0, 0.05) is 12.8 Å². The van der Waals surface area contributed by atoms with E-state index in [0.29, 0.717) is 12.8 Å². The van der Waals surface area contributed by atoms with Crippen LogP contribution in [0.2, 0.25) is 0 Å². The lowest BCUT2D eigenvalue weighted by Gasteiger charge is -2.20. The van der Waals surface area contributed by atoms with Crippen LogP contribution in [0.25, 0.3) is 0 Å². The van der Waals surface area contributed by atoms with Gasteiger partial charge in [0.25, 0.3) is 0 Å². The SMILES string of the molecule is CC/C=C/C=C/C=C/C=C/C=C/C=C/C=C/CCCCCC(=O)OCC(COP(=O)(O)OC[C@@H](N)C(=O)O)OC(=O)CCCCC/C=C/C=C/C=C/C=C/CC. The van der Waals surface area contributed by atoms with E-state index in [2.05, 4.69) is 36.6 Å². The van der Waals surface area contributed by atoms with E-state index in [-0.39, 0.29) is 12.8 Å². The van der Waals surface area contributed by atoms with E-state index < -0.39 is 57.7 Å². The number of esters is 2. The Morgan fingerprint density at radius 3 is 1.38 bits per heavy atom. The summed E-state index contributed by atoms with van der Waals surface area (Å²) in [7, 11) is -4.75. The van der Waals surface area contributed by atoms with Crippen LogP contribution in [0.4, 0.5) is 0 Å². The molecule has 0 aromatic carbocycles. The summed E-state index contributed by atoms with van der Waals surface area (Å²) in [5, 5.41) is 8.87. The predicted octanol–water partition coefficient (Wildman–Crippen LogP) is 9.83. The van der Waals surface area contributed by atoms with E-state index in [0.717, 1.165) is 51.4 Å². The highest BCUT2D eigenvalue weighted by Crippen LogP contribution is 2.43. The highest BCUT2D eigenvalue weighted by molar-refractivity contribution is 7.47. The van der Waals surface area contributed by atoms with E-state index in [4.69, 9.17) is 24.8 Å². The summed E-state index contributed by atoms with van der Waals surface area (Å²) in [6.07, 6.45) is 50.9. The quantitative estimate of drug-likeness (QED) is 0.0250. The van der Waals surface area contributed by atoms with Gasteiger partial charge in [-0.1, -0.05) is 160 Å². The standard InChI is InChI=1S/C44H64NO10P/c1-3-5-7-9-11-13-15-17-18-19-20-21-22-24-25-27-29-31-33-35-42(46)52-37-40(38-53-56(50,51)54-39-41(45)44(48)49)55-43(47)36-34-32-30-28-26-23-16-14-12-10-8-6-4-2/h5-26,40-41H,3-4,27-39,45H2,1-2H3,(H,48,49)(H,50,51)/b7-5+,8-6+,11-9+,12-10+,15-13+,16-14+,18-17+,20-19+,22-21+,25-24+,26-23+/t40?,41-/m1/s1. The van der Waals surface area contributed by atoms with Gasteiger partial charge < -0.3 is 25.2 Å². The first-order valence-corrected chi connectivity index (χ1v) is 20.9. The molecular formula is C44H64NO10P. The van der Waals surface area contributed by atoms with E-state index in [9.17, 15) is 23.8 Å². The van der Waals surface area contributed by atoms with Gasteiger partial charge in [-0.15, -0.1) is 0 Å². The van der Waals surface area contributed by atoms with Crippen LogP contribution in [-0.4, -0.2) is 59.9 Å². The summed E-state index contributed by atoms with van der Waals surface area (Å²) < 4.78 is 32.5. The number of phosphoric acid groups is 1. The monoisotopic (exact) mass is 797 g/mol. The number of ether oxygens (including phenoxy) is 2. The van der Waals surface area contributed by atoms with Crippen LogP contribution >= 0.6 is 7.82 Å². The number of phosphoric ester groups is 1. The molecule has 56 heavy (non-hydrogen) atoms. The van der Waals surface area contributed by atoms with Crippen LogP contribution in [0.3, 0.4) is 0 Å². The van der Waals surface area contributed by atoms with Crippen LogP contribution in [0.15, 0.2) is 134 Å². The van der Waals surface area contributed by atoms with Crippen molar-refractivity contribution in [2.45, 2.75) is 103 Å². The number of hydrogen-bond acceptors (Lipinski definition) is 9. The zero-order valence-corrected chi connectivity index (χ0v) is 34.0. The molecule has 0 aromatic rings. The van der Waals surface area contributed by atoms with Crippen molar-refractivity contribution in [2.75, 3.05) is 19.8 Å². The predicted molar refractivity (Wildman–Crippen MR) is 225 cm³/mol. The zero-order valence-electron chi connectivity index (χ0n) is 33.1. The van der Waals surface area contributed by atoms with Gasteiger partial charge >= 0.3 is 25.7 Å². The minimum atomic E-state index is -4.75. The molecule has 0 saturated heterocycles. The van der Waals surface area contributed by atoms with Gasteiger partial charge in [0.15, 0.2) is 6.10 Å². The van der Waals surface area contributed by atoms with Crippen molar-refractivity contribution in [1.29, 1.82) is 0 Å². The molecule has 0 aromatic heterocycles. The molecule has 0 aliphatic carbocycles. The number of carboxylic acids is 1. The van der Waals surface area contributed by atoms with E-state index in [1.807, 2.05) is 115 Å². The first-order chi connectivity index (χ1) is 27.1. The summed E-state index contributed by atoms with van der Waals surface area (Å²) in [4.78, 5) is 45.8. The van der Waals surface area contributed by atoms with Crippen molar-refractivity contribution in [3.05, 3.63) is 134 Å². The number of allylic oxidation sites excluding steroid dienone is 22. The van der Waals surface area contributed by atoms with Crippen LogP contribution in [0.5, 0.6) is 0 Å². The molecule has 0 heterocycles. The summed E-state index contributed by atoms with van der Waals surface area (Å²) in [6, 6.07) is -1.54. The maximum atomic E-state index is 12.6. The van der Waals surface area contributed by atoms with Crippen molar-refractivity contribution in [2.24, 2.45) is 5.73 Å². The Morgan fingerprint density at radius 1 is 0.554 bits per heavy atom. The minimum Gasteiger partial charge on any atom is -0.480 e. The van der Waals surface area contributed by atoms with Gasteiger partial charge in [0.05, 0.1) is 13.2 Å². The lowest BCUT2D eigenvalue weighted by atomic mass is 10.1. The number of carbonyl (C=O) groups excluding carboxylic acids is 2. The number of unbranched alkanes of at least 4 members (excludes halogenated alkanes) is 6. The molecule has 3 atom stereocenters. The van der Waals surface area contributed by atoms with Crippen LogP contribution in [0, 0.1) is 0 Å². The second-order valence-corrected chi connectivity index (χ2v) is 13.7. The largest absolute Gasteiger partial charge is 0.480 e. The molecule has 4 N–H and O–H groups in total. The average Bonchev–Trinajstić information content (AvgIpc) is 3.17. The van der Waals surface area contributed by atoms with Crippen molar-refractivity contribution in [1.82, 2.24) is 0 Å². The summed E-state index contributed by atoms with van der Waals surface area (Å²) in [5.74, 6) is -2.52. The van der Waals surface area contributed by atoms with Gasteiger partial charge in [-0.05, 0) is 51.4 Å². The Kier molecular flexibility index (Phi) is 34.6. The van der Waals surface area contributed by atoms with Crippen LogP contribution in [0.1, 0.15) is 90.9 Å². The lowest BCUT2D eigenvalue weighted by molar-refractivity contribution is -0.161. The van der Waals surface area contributed by atoms with Crippen molar-refractivity contribution < 1.29 is 47.5 Å². The normalized spacial score (nSPS) is 15.2. The molecule has 310 valence electrons. The van der Waals surface area contributed by atoms with Gasteiger partial charge in [0.1, 0.15) is 12.6 Å². The number of aliphatic carboxylic acids is 1. The molecule has 0 aliphatic heterocycles. The minimum absolute atomic E-state index is 0.0942. The summed E-state index contributed by atoms with van der Waals surface area (Å²) in [5.41, 5.74) is 5.31. The molecular weight excluding hydrogens is 733 g/mol. The van der Waals surface area contributed by atoms with Gasteiger partial charge in [-0.2, -0.15) is 0 Å². The Bertz CT molecular complexity index is 1450. The first-order valence-electron chi connectivity index (χ1n) is 19.4. The summed E-state index contributed by atoms with van der Waals surface area (Å²) in [6.45, 7) is 2.37. The molecule has 12 heteroatoms. The second-order valence-electron chi connectivity index (χ2n) is 12.2. The zero-order chi connectivity index (χ0) is 41.4. The van der Waals surface area contributed by atoms with E-state index in [1.165, 1.54) is 0 Å². The van der Waals surface area contributed by atoms with Crippen LogP contribution < -0.4 is 5.73 Å². The van der Waals surface area contributed by atoms with Crippen LogP contribution in [-0.2, 0) is 37.5 Å². The Morgan fingerprint density at radius 2 is 0.946 bits per heavy atom. The molecule has 0 aliphatic rings. The fraction of sp³-hybridized carbons (Fsp3) is 0.432. The van der Waals surface area contributed by atoms with Crippen molar-refractivity contribution in [3.63, 3.8) is 0 Å². The molecule has 0 spiro atoms. The number of hydrogen-bond donors (Lipinski definition) is 3. The lowest BCUT2D eigenvalue weighted by Crippen LogP contribution is -2.34. The van der Waals surface area contributed by atoms with Gasteiger partial charge in [-0.25, -0.2) is 4.57 Å². The molecule has 0 amide bonds. The fourth-order valence-electron chi connectivity index (χ4n) is 4.17. The smallest absolute Gasteiger partial charge is 0.472 e. The second kappa shape index (κ2) is 37.5. The van der Waals surface area contributed by atoms with Crippen molar-refractivity contribution in [3.8, 4) is 0 Å². The molecule has 0 bridgehead atoms. The van der Waals surface area contributed by atoms with Gasteiger partial charge in [0.2, 0.25) is 0 Å². The fourth-order valence-corrected chi connectivity index (χ4v) is 4.95. The first kappa shape index (κ1) is 51.6. The maximum absolute atomic E-state index is 12.6. The van der Waals surface area contributed by atoms with Crippen molar-refractivity contribution >= 4 is 25.7 Å². The molecule has 0 rings (SSSR count). The Hall–Kier alpha value is -4.38. The average molecular weight is 798 g/mol. The third-order valence-corrected chi connectivity index (χ3v) is 8.13. The summed E-state index contributed by atoms with van der Waals surface area (Å²) >= 11 is 0.